The highest BCUT2D eigenvalue weighted by molar-refractivity contribution is 6.41. The molecule has 0 aromatic rings. The van der Waals surface area contributed by atoms with Crippen molar-refractivity contribution in [3.8, 4) is 0 Å². The van der Waals surface area contributed by atoms with Crippen LogP contribution in [0, 0.1) is 0 Å². The Labute approximate surface area is 69.1 Å². The van der Waals surface area contributed by atoms with Gasteiger partial charge in [0.25, 0.3) is 0 Å². The lowest BCUT2D eigenvalue weighted by Crippen LogP contribution is -2.28. The first-order valence-electron chi connectivity index (χ1n) is 3.07. The summed E-state index contributed by atoms with van der Waals surface area (Å²) in [6.45, 7) is 1.03. The summed E-state index contributed by atoms with van der Waals surface area (Å²) in [5.74, 6) is -1.56. The Bertz CT molecular complexity index is 157. The number of ketones is 1. The van der Waals surface area contributed by atoms with E-state index in [1.165, 1.54) is 0 Å². The average Bonchev–Trinajstić information content (AvgIpc) is 2.02. The number of Topliss-reactive ketones (excluding diaryl/α,β-unsaturated/α-hetero) is 1. The number of rotatable bonds is 4. The summed E-state index contributed by atoms with van der Waals surface area (Å²) < 4.78 is 4.42. The van der Waals surface area contributed by atoms with Crippen molar-refractivity contribution < 1.29 is 19.4 Å². The summed E-state index contributed by atoms with van der Waals surface area (Å²) in [6, 6.07) is 0. The minimum absolute atomic E-state index is 0.167. The van der Waals surface area contributed by atoms with E-state index in [1.807, 2.05) is 0 Å². The van der Waals surface area contributed by atoms with Gasteiger partial charge in [0.1, 0.15) is 6.61 Å². The van der Waals surface area contributed by atoms with Gasteiger partial charge in [0.2, 0.25) is 0 Å². The summed E-state index contributed by atoms with van der Waals surface area (Å²) in [5, 5.41) is 6.91. The van der Waals surface area contributed by atoms with Crippen LogP contribution >= 0.6 is 11.6 Å². The molecular weight excluding hydrogens is 172 g/mol. The van der Waals surface area contributed by atoms with Crippen molar-refractivity contribution in [1.29, 1.82) is 0 Å². The monoisotopic (exact) mass is 180 g/mol. The molecule has 0 fully saturated rings. The molecule has 0 aromatic heterocycles. The van der Waals surface area contributed by atoms with Gasteiger partial charge in [-0.05, 0) is 6.92 Å². The van der Waals surface area contributed by atoms with Crippen molar-refractivity contribution in [2.24, 2.45) is 0 Å². The smallest absolute Gasteiger partial charge is 0.331 e. The highest BCUT2D eigenvalue weighted by atomic mass is 35.5. The van der Waals surface area contributed by atoms with Crippen LogP contribution < -0.4 is 0 Å². The van der Waals surface area contributed by atoms with Gasteiger partial charge in [0.15, 0.2) is 11.2 Å². The fourth-order valence-corrected chi connectivity index (χ4v) is 0.559. The number of esters is 1. The van der Waals surface area contributed by atoms with Crippen LogP contribution in [0.3, 0.4) is 0 Å². The van der Waals surface area contributed by atoms with Crippen LogP contribution in [0.1, 0.15) is 6.92 Å². The zero-order chi connectivity index (χ0) is 8.85. The number of aliphatic hydroxyl groups is 1. The van der Waals surface area contributed by atoms with Crippen LogP contribution in [0.25, 0.3) is 0 Å². The van der Waals surface area contributed by atoms with Crippen LogP contribution in [0.2, 0.25) is 0 Å². The molecule has 1 unspecified atom stereocenters. The second-order valence-corrected chi connectivity index (χ2v) is 2.18. The molecule has 5 heteroatoms. The second-order valence-electron chi connectivity index (χ2n) is 1.74. The summed E-state index contributed by atoms with van der Waals surface area (Å²) in [5.41, 5.74) is 0. The van der Waals surface area contributed by atoms with Gasteiger partial charge >= 0.3 is 5.97 Å². The Morgan fingerprint density at radius 1 is 1.64 bits per heavy atom. The van der Waals surface area contributed by atoms with E-state index in [4.69, 9.17) is 16.7 Å². The first-order chi connectivity index (χ1) is 5.13. The van der Waals surface area contributed by atoms with Crippen molar-refractivity contribution >= 4 is 23.4 Å². The Morgan fingerprint density at radius 2 is 2.18 bits per heavy atom. The van der Waals surface area contributed by atoms with E-state index < -0.39 is 23.7 Å². The van der Waals surface area contributed by atoms with Gasteiger partial charge in [-0.1, -0.05) is 0 Å². The van der Waals surface area contributed by atoms with Gasteiger partial charge in [-0.3, -0.25) is 4.79 Å². The molecule has 0 saturated carbocycles. The molecule has 0 heterocycles. The molecule has 0 saturated heterocycles. The lowest BCUT2D eigenvalue weighted by atomic mass is 10.3. The van der Waals surface area contributed by atoms with E-state index in [9.17, 15) is 9.59 Å². The highest BCUT2D eigenvalue weighted by Gasteiger charge is 2.23. The minimum atomic E-state index is -1.38. The largest absolute Gasteiger partial charge is 0.465 e. The van der Waals surface area contributed by atoms with Crippen LogP contribution in [0.4, 0.5) is 0 Å². The lowest BCUT2D eigenvalue weighted by Gasteiger charge is -2.04. The van der Waals surface area contributed by atoms with E-state index in [2.05, 4.69) is 4.74 Å². The quantitative estimate of drug-likeness (QED) is 0.367. The SMILES string of the molecule is CCOC(=O)C(Cl)C(=O)CO. The van der Waals surface area contributed by atoms with E-state index >= 15 is 0 Å². The molecule has 0 aliphatic carbocycles. The number of hydrogen-bond acceptors (Lipinski definition) is 4. The maximum Gasteiger partial charge on any atom is 0.331 e. The van der Waals surface area contributed by atoms with Gasteiger partial charge < -0.3 is 9.84 Å². The number of carbonyl (C=O) groups excluding carboxylic acids is 2. The summed E-state index contributed by atoms with van der Waals surface area (Å²) in [6.07, 6.45) is 0. The molecule has 0 aliphatic rings. The van der Waals surface area contributed by atoms with Crippen LogP contribution in [-0.2, 0) is 14.3 Å². The van der Waals surface area contributed by atoms with Crippen molar-refractivity contribution in [2.45, 2.75) is 12.3 Å². The van der Waals surface area contributed by atoms with Gasteiger partial charge in [-0.25, -0.2) is 4.79 Å². The fraction of sp³-hybridized carbons (Fsp3) is 0.667. The third-order valence-corrected chi connectivity index (χ3v) is 1.35. The van der Waals surface area contributed by atoms with Crippen molar-refractivity contribution in [3.63, 3.8) is 0 Å². The Morgan fingerprint density at radius 3 is 2.55 bits per heavy atom. The molecule has 0 aliphatic heterocycles. The lowest BCUT2D eigenvalue weighted by molar-refractivity contribution is -0.145. The van der Waals surface area contributed by atoms with Crippen molar-refractivity contribution in [3.05, 3.63) is 0 Å². The molecule has 1 atom stereocenters. The van der Waals surface area contributed by atoms with E-state index in [1.54, 1.807) is 6.92 Å². The third kappa shape index (κ3) is 3.34. The Balaban J connectivity index is 3.91. The number of alkyl halides is 1. The standard InChI is InChI=1S/C6H9ClO4/c1-2-11-6(10)5(7)4(9)3-8/h5,8H,2-3H2,1H3. The molecule has 11 heavy (non-hydrogen) atoms. The third-order valence-electron chi connectivity index (χ3n) is 0.932. The Kier molecular flexibility index (Phi) is 4.81. The summed E-state index contributed by atoms with van der Waals surface area (Å²) in [4.78, 5) is 21.2. The number of halogens is 1. The number of ether oxygens (including phenoxy) is 1. The summed E-state index contributed by atoms with van der Waals surface area (Å²) in [7, 11) is 0. The number of hydrogen-bond donors (Lipinski definition) is 1. The van der Waals surface area contributed by atoms with Gasteiger partial charge in [0, 0.05) is 0 Å². The molecule has 0 rings (SSSR count). The molecule has 64 valence electrons. The van der Waals surface area contributed by atoms with Gasteiger partial charge in [-0.2, -0.15) is 0 Å². The second kappa shape index (κ2) is 5.09. The fourth-order valence-electron chi connectivity index (χ4n) is 0.427. The van der Waals surface area contributed by atoms with Crippen LogP contribution in [-0.4, -0.2) is 35.4 Å². The zero-order valence-corrected chi connectivity index (χ0v) is 6.80. The minimum Gasteiger partial charge on any atom is -0.465 e. The molecular formula is C6H9ClO4. The molecule has 0 bridgehead atoms. The first-order valence-corrected chi connectivity index (χ1v) is 3.51. The van der Waals surface area contributed by atoms with E-state index in [0.717, 1.165) is 0 Å². The molecule has 0 amide bonds. The highest BCUT2D eigenvalue weighted by Crippen LogP contribution is 1.99. The van der Waals surface area contributed by atoms with Crippen LogP contribution in [0.5, 0.6) is 0 Å². The number of aliphatic hydroxyl groups excluding tert-OH is 1. The number of carbonyl (C=O) groups is 2. The predicted molar refractivity (Wildman–Crippen MR) is 38.4 cm³/mol. The first kappa shape index (κ1) is 10.4. The van der Waals surface area contributed by atoms with Crippen molar-refractivity contribution in [1.82, 2.24) is 0 Å². The van der Waals surface area contributed by atoms with Crippen molar-refractivity contribution in [2.75, 3.05) is 13.2 Å². The van der Waals surface area contributed by atoms with Gasteiger partial charge in [-0.15, -0.1) is 11.6 Å². The maximum atomic E-state index is 10.7. The van der Waals surface area contributed by atoms with Gasteiger partial charge in [0.05, 0.1) is 6.61 Å². The molecule has 4 nitrogen and oxygen atoms in total. The summed E-state index contributed by atoms with van der Waals surface area (Å²) >= 11 is 5.28. The predicted octanol–water partition coefficient (Wildman–Crippen LogP) is -0.282. The Hall–Kier alpha value is -0.610. The average molecular weight is 181 g/mol. The van der Waals surface area contributed by atoms with Crippen LogP contribution in [0.15, 0.2) is 0 Å². The maximum absolute atomic E-state index is 10.7. The van der Waals surface area contributed by atoms with E-state index in [-0.39, 0.29) is 6.61 Å². The molecule has 0 radical (unpaired) electrons. The normalized spacial score (nSPS) is 12.3. The topological polar surface area (TPSA) is 63.6 Å². The molecule has 0 spiro atoms. The molecule has 1 N–H and O–H groups in total. The zero-order valence-electron chi connectivity index (χ0n) is 6.04. The molecule has 0 aromatic carbocycles. The van der Waals surface area contributed by atoms with E-state index in [0.29, 0.717) is 0 Å².